The molecule has 1 aromatic rings. The summed E-state index contributed by atoms with van der Waals surface area (Å²) in [4.78, 5) is 2.35. The fourth-order valence-electron chi connectivity index (χ4n) is 3.32. The lowest BCUT2D eigenvalue weighted by molar-refractivity contribution is 0.258. The highest BCUT2D eigenvalue weighted by molar-refractivity contribution is 7.80. The first-order valence-electron chi connectivity index (χ1n) is 8.89. The molecule has 0 saturated carbocycles. The molecule has 1 unspecified atom stereocenters. The van der Waals surface area contributed by atoms with Gasteiger partial charge in [0.15, 0.2) is 0 Å². The largest absolute Gasteiger partial charge is 0.399 e. The summed E-state index contributed by atoms with van der Waals surface area (Å²) >= 11 is 4.37. The van der Waals surface area contributed by atoms with Crippen molar-refractivity contribution in [2.45, 2.75) is 20.0 Å². The van der Waals surface area contributed by atoms with Crippen LogP contribution >= 0.6 is 12.6 Å². The van der Waals surface area contributed by atoms with Gasteiger partial charge in [-0.3, -0.25) is 4.90 Å². The molecule has 0 aliphatic carbocycles. The van der Waals surface area contributed by atoms with Crippen molar-refractivity contribution in [2.24, 2.45) is 5.73 Å². The summed E-state index contributed by atoms with van der Waals surface area (Å²) in [7, 11) is 0. The highest BCUT2D eigenvalue weighted by atomic mass is 32.1. The van der Waals surface area contributed by atoms with Crippen LogP contribution in [0.1, 0.15) is 18.1 Å². The van der Waals surface area contributed by atoms with Crippen LogP contribution in [0.5, 0.6) is 0 Å². The van der Waals surface area contributed by atoms with Crippen molar-refractivity contribution in [3.8, 4) is 0 Å². The highest BCUT2D eigenvalue weighted by Gasteiger charge is 2.29. The predicted molar refractivity (Wildman–Crippen MR) is 115 cm³/mol. The second-order valence-corrected chi connectivity index (χ2v) is 7.28. The molecule has 2 heterocycles. The second kappa shape index (κ2) is 8.02. The van der Waals surface area contributed by atoms with Gasteiger partial charge in [-0.05, 0) is 42.7 Å². The molecule has 0 radical (unpaired) electrons. The lowest BCUT2D eigenvalue weighted by Gasteiger charge is -2.33. The summed E-state index contributed by atoms with van der Waals surface area (Å²) in [6.07, 6.45) is 8.23. The maximum absolute atomic E-state index is 6.32. The summed E-state index contributed by atoms with van der Waals surface area (Å²) in [5, 5.41) is 3.61. The molecule has 3 rings (SSSR count). The summed E-state index contributed by atoms with van der Waals surface area (Å²) in [5.41, 5.74) is 14.5. The van der Waals surface area contributed by atoms with Crippen LogP contribution in [0.4, 0.5) is 0 Å². The van der Waals surface area contributed by atoms with Crippen molar-refractivity contribution in [2.75, 3.05) is 18.8 Å². The number of aryl methyl sites for hydroxylation is 1. The Bertz CT molecular complexity index is 812. The first-order valence-corrected chi connectivity index (χ1v) is 9.52. The molecule has 1 atom stereocenters. The number of rotatable bonds is 5. The zero-order chi connectivity index (χ0) is 18.7. The maximum Gasteiger partial charge on any atom is 0.121 e. The van der Waals surface area contributed by atoms with Gasteiger partial charge >= 0.3 is 0 Å². The van der Waals surface area contributed by atoms with Crippen molar-refractivity contribution in [3.05, 3.63) is 88.7 Å². The summed E-state index contributed by atoms with van der Waals surface area (Å²) < 4.78 is 0. The van der Waals surface area contributed by atoms with Gasteiger partial charge < -0.3 is 11.1 Å². The third kappa shape index (κ3) is 3.97. The predicted octanol–water partition coefficient (Wildman–Crippen LogP) is 3.78. The number of hydrogen-bond donors (Lipinski definition) is 3. The molecule has 2 aliphatic heterocycles. The Kier molecular flexibility index (Phi) is 5.74. The van der Waals surface area contributed by atoms with Gasteiger partial charge in [0.05, 0.1) is 0 Å². The molecule has 26 heavy (non-hydrogen) atoms. The molecule has 136 valence electrons. The minimum Gasteiger partial charge on any atom is -0.399 e. The number of dihydropyridines is 1. The number of benzene rings is 1. The zero-order valence-electron chi connectivity index (χ0n) is 15.5. The quantitative estimate of drug-likeness (QED) is 0.696. The number of nitrogens with one attached hydrogen (secondary N) is 1. The summed E-state index contributed by atoms with van der Waals surface area (Å²) in [6.45, 7) is 9.87. The average Bonchev–Trinajstić information content (AvgIpc) is 3.05. The van der Waals surface area contributed by atoms with Crippen molar-refractivity contribution < 1.29 is 0 Å². The maximum atomic E-state index is 6.32. The molecule has 0 saturated heterocycles. The number of thiol groups is 1. The van der Waals surface area contributed by atoms with E-state index in [9.17, 15) is 0 Å². The Morgan fingerprint density at radius 3 is 2.62 bits per heavy atom. The lowest BCUT2D eigenvalue weighted by atomic mass is 10.1. The van der Waals surface area contributed by atoms with E-state index in [1.807, 2.05) is 12.2 Å². The minimum absolute atomic E-state index is 0.0199. The van der Waals surface area contributed by atoms with Gasteiger partial charge in [-0.2, -0.15) is 12.6 Å². The van der Waals surface area contributed by atoms with E-state index in [0.717, 1.165) is 30.2 Å². The first-order chi connectivity index (χ1) is 12.5. The molecular weight excluding hydrogens is 338 g/mol. The summed E-state index contributed by atoms with van der Waals surface area (Å²) in [5.74, 6) is 0.762. The smallest absolute Gasteiger partial charge is 0.121 e. The Morgan fingerprint density at radius 1 is 1.27 bits per heavy atom. The normalized spacial score (nSPS) is 21.3. The average molecular weight is 366 g/mol. The molecule has 0 spiro atoms. The Hall–Kier alpha value is -2.17. The molecule has 1 aromatic carbocycles. The van der Waals surface area contributed by atoms with E-state index in [4.69, 9.17) is 5.73 Å². The number of nitrogens with two attached hydrogens (primary N) is 1. The molecule has 0 bridgehead atoms. The van der Waals surface area contributed by atoms with E-state index >= 15 is 0 Å². The lowest BCUT2D eigenvalue weighted by Crippen LogP contribution is -2.48. The molecule has 2 aliphatic rings. The van der Waals surface area contributed by atoms with Crippen LogP contribution < -0.4 is 11.1 Å². The van der Waals surface area contributed by atoms with E-state index < -0.39 is 0 Å². The van der Waals surface area contributed by atoms with Crippen LogP contribution in [-0.2, 0) is 0 Å². The molecular formula is C22H27N3S. The second-order valence-electron chi connectivity index (χ2n) is 6.97. The van der Waals surface area contributed by atoms with Gasteiger partial charge in [-0.25, -0.2) is 0 Å². The topological polar surface area (TPSA) is 41.3 Å². The van der Waals surface area contributed by atoms with Crippen LogP contribution in [0, 0.1) is 6.92 Å². The molecule has 3 N–H and O–H groups in total. The molecule has 3 nitrogen and oxygen atoms in total. The van der Waals surface area contributed by atoms with Crippen LogP contribution in [0.25, 0.3) is 5.70 Å². The molecule has 0 fully saturated rings. The van der Waals surface area contributed by atoms with E-state index in [-0.39, 0.29) is 6.17 Å². The van der Waals surface area contributed by atoms with E-state index in [1.165, 1.54) is 27.8 Å². The fraction of sp³-hybridized carbons (Fsp3) is 0.273. The van der Waals surface area contributed by atoms with E-state index in [1.54, 1.807) is 0 Å². The molecule has 0 aromatic heterocycles. The Balaban J connectivity index is 1.79. The highest BCUT2D eigenvalue weighted by Crippen LogP contribution is 2.27. The van der Waals surface area contributed by atoms with Crippen LogP contribution in [0.2, 0.25) is 0 Å². The van der Waals surface area contributed by atoms with E-state index in [0.29, 0.717) is 0 Å². The number of nitrogens with zero attached hydrogens (tertiary/aromatic N) is 1. The summed E-state index contributed by atoms with van der Waals surface area (Å²) in [6, 6.07) is 8.54. The van der Waals surface area contributed by atoms with Crippen molar-refractivity contribution >= 4 is 18.3 Å². The monoisotopic (exact) mass is 365 g/mol. The zero-order valence-corrected chi connectivity index (χ0v) is 16.4. The SMILES string of the molecule is C=CC1=C(/C=C(\C)CS)CN(C2NC(c3ccc(C)cc3)=CC=C2N)C1. The van der Waals surface area contributed by atoms with Gasteiger partial charge in [0.25, 0.3) is 0 Å². The van der Waals surface area contributed by atoms with Crippen molar-refractivity contribution in [1.29, 1.82) is 0 Å². The fourth-order valence-corrected chi connectivity index (χ4v) is 3.41. The van der Waals surface area contributed by atoms with E-state index in [2.05, 4.69) is 79.7 Å². The van der Waals surface area contributed by atoms with Crippen LogP contribution in [0.15, 0.2) is 77.6 Å². The third-order valence-corrected chi connectivity index (χ3v) is 5.35. The molecule has 0 amide bonds. The van der Waals surface area contributed by atoms with Crippen molar-refractivity contribution in [1.82, 2.24) is 10.2 Å². The van der Waals surface area contributed by atoms with Gasteiger partial charge in [0.2, 0.25) is 0 Å². The van der Waals surface area contributed by atoms with Crippen molar-refractivity contribution in [3.63, 3.8) is 0 Å². The standard InChI is InChI=1S/C22H27N3S/c1-4-17-12-25(13-19(17)11-16(3)14-26)22-20(23)9-10-21(24-22)18-7-5-15(2)6-8-18/h4-11,22,24,26H,1,12-14,23H2,2-3H3/b16-11+. The number of allylic oxidation sites excluding steroid dienone is 2. The van der Waals surface area contributed by atoms with Gasteiger partial charge in [-0.1, -0.05) is 54.1 Å². The Morgan fingerprint density at radius 2 is 1.96 bits per heavy atom. The first kappa shape index (κ1) is 18.6. The third-order valence-electron chi connectivity index (χ3n) is 4.85. The van der Waals surface area contributed by atoms with Gasteiger partial charge in [0.1, 0.15) is 6.17 Å². The Labute approximate surface area is 162 Å². The molecule has 4 heteroatoms. The minimum atomic E-state index is -0.0199. The van der Waals surface area contributed by atoms with Crippen LogP contribution in [-0.4, -0.2) is 29.9 Å². The van der Waals surface area contributed by atoms with Crippen LogP contribution in [0.3, 0.4) is 0 Å². The van der Waals surface area contributed by atoms with Gasteiger partial charge in [-0.15, -0.1) is 0 Å². The number of hydrogen-bond acceptors (Lipinski definition) is 4. The van der Waals surface area contributed by atoms with Gasteiger partial charge in [0, 0.05) is 30.2 Å².